The van der Waals surface area contributed by atoms with Gasteiger partial charge in [0.05, 0.1) is 50.8 Å². The summed E-state index contributed by atoms with van der Waals surface area (Å²) in [6, 6.07) is 67.9. The minimum absolute atomic E-state index is 0.0385. The highest BCUT2D eigenvalue weighted by atomic mass is 15.0. The van der Waals surface area contributed by atoms with Crippen molar-refractivity contribution in [2.75, 3.05) is 0 Å². The predicted octanol–water partition coefficient (Wildman–Crippen LogP) is 13.7. The number of hydrogen-bond acceptors (Lipinski definition) is 2. The molecule has 4 nitrogen and oxygen atoms in total. The zero-order valence-corrected chi connectivity index (χ0v) is 34.3. The van der Waals surface area contributed by atoms with Gasteiger partial charge in [0.15, 0.2) is 0 Å². The van der Waals surface area contributed by atoms with Gasteiger partial charge in [-0.05, 0) is 103 Å². The minimum atomic E-state index is -0.0482. The van der Waals surface area contributed by atoms with Crippen molar-refractivity contribution in [3.8, 4) is 17.8 Å². The number of benzene rings is 9. The van der Waals surface area contributed by atoms with Crippen molar-refractivity contribution in [3.63, 3.8) is 0 Å². The zero-order chi connectivity index (χ0) is 41.7. The molecule has 0 amide bonds. The number of fused-ring (bicyclic) bond motifs is 9. The first-order chi connectivity index (χ1) is 31.7. The Balaban J connectivity index is 1.14. The van der Waals surface area contributed by atoms with E-state index in [-0.39, 0.29) is 23.7 Å². The van der Waals surface area contributed by atoms with Gasteiger partial charge in [0.25, 0.3) is 0 Å². The third-order valence-corrected chi connectivity index (χ3v) is 15.8. The van der Waals surface area contributed by atoms with E-state index in [1.807, 2.05) is 0 Å². The van der Waals surface area contributed by atoms with Gasteiger partial charge in [-0.2, -0.15) is 10.5 Å². The molecule has 0 saturated carbocycles. The Morgan fingerprint density at radius 1 is 0.344 bits per heavy atom. The monoisotopic (exact) mass is 808 g/mol. The SMILES string of the molecule is N#Cc1cc2c(c3c1C1c4ccccc4C3c3ccccc31)c1cc(-n3c4ccccc4c4ccccc43)cc3c4c5c(c(C#N)cc4n2c13)C1c2ccccc2C5c2ccccc21. The Kier molecular flexibility index (Phi) is 5.88. The molecule has 4 bridgehead atoms. The molecule has 0 N–H and O–H groups in total. The first-order valence-corrected chi connectivity index (χ1v) is 22.3. The van der Waals surface area contributed by atoms with E-state index < -0.39 is 0 Å². The Labute approximate surface area is 367 Å². The fourth-order valence-corrected chi connectivity index (χ4v) is 13.7. The lowest BCUT2D eigenvalue weighted by atomic mass is 9.59. The fourth-order valence-electron chi connectivity index (χ4n) is 13.7. The minimum Gasteiger partial charge on any atom is -0.309 e. The second-order valence-corrected chi connectivity index (χ2v) is 18.4. The second kappa shape index (κ2) is 11.3. The van der Waals surface area contributed by atoms with Crippen molar-refractivity contribution in [1.82, 2.24) is 8.97 Å². The summed E-state index contributed by atoms with van der Waals surface area (Å²) < 4.78 is 4.90. The van der Waals surface area contributed by atoms with E-state index in [1.165, 1.54) is 88.0 Å². The maximum absolute atomic E-state index is 11.3. The highest BCUT2D eigenvalue weighted by Crippen LogP contribution is 2.62. The Hall–Kier alpha value is -8.44. The molecular formula is C60H32N4. The fraction of sp³-hybridized carbons (Fsp3) is 0.0667. The van der Waals surface area contributed by atoms with Crippen LogP contribution in [0.4, 0.5) is 0 Å². The lowest BCUT2D eigenvalue weighted by Crippen LogP contribution is -2.28. The van der Waals surface area contributed by atoms with E-state index in [2.05, 4.69) is 191 Å². The van der Waals surface area contributed by atoms with Gasteiger partial charge < -0.3 is 8.97 Å². The third-order valence-electron chi connectivity index (χ3n) is 15.8. The van der Waals surface area contributed by atoms with Crippen LogP contribution in [-0.4, -0.2) is 8.97 Å². The van der Waals surface area contributed by atoms with Crippen molar-refractivity contribution < 1.29 is 0 Å². The van der Waals surface area contributed by atoms with Gasteiger partial charge in [0, 0.05) is 61.7 Å². The van der Waals surface area contributed by atoms with Gasteiger partial charge in [0.1, 0.15) is 0 Å². The first kappa shape index (κ1) is 33.2. The van der Waals surface area contributed by atoms with Crippen molar-refractivity contribution in [2.45, 2.75) is 23.7 Å². The summed E-state index contributed by atoms with van der Waals surface area (Å²) in [5.74, 6) is -0.173. The van der Waals surface area contributed by atoms with E-state index >= 15 is 0 Å². The van der Waals surface area contributed by atoms with Gasteiger partial charge in [-0.1, -0.05) is 133 Å². The molecule has 9 aromatic carbocycles. The summed E-state index contributed by atoms with van der Waals surface area (Å²) in [7, 11) is 0. The molecule has 0 radical (unpaired) electrons. The average molecular weight is 809 g/mol. The Morgan fingerprint density at radius 3 is 1.03 bits per heavy atom. The Morgan fingerprint density at radius 2 is 0.672 bits per heavy atom. The van der Waals surface area contributed by atoms with Crippen LogP contribution in [0.1, 0.15) is 102 Å². The molecule has 3 heterocycles. The van der Waals surface area contributed by atoms with Crippen molar-refractivity contribution in [2.24, 2.45) is 0 Å². The van der Waals surface area contributed by atoms with Crippen LogP contribution in [-0.2, 0) is 0 Å². The molecule has 6 aliphatic carbocycles. The maximum Gasteiger partial charge on any atom is 0.0995 e. The summed E-state index contributed by atoms with van der Waals surface area (Å²) in [5, 5.41) is 29.8. The topological polar surface area (TPSA) is 56.9 Å². The van der Waals surface area contributed by atoms with E-state index in [1.54, 1.807) is 0 Å². The van der Waals surface area contributed by atoms with Gasteiger partial charge >= 0.3 is 0 Å². The molecule has 0 aliphatic heterocycles. The number of aromatic nitrogens is 2. The van der Waals surface area contributed by atoms with Crippen molar-refractivity contribution >= 4 is 59.9 Å². The molecule has 64 heavy (non-hydrogen) atoms. The maximum atomic E-state index is 11.3. The van der Waals surface area contributed by atoms with Crippen molar-refractivity contribution in [3.05, 3.63) is 248 Å². The van der Waals surface area contributed by atoms with Crippen LogP contribution >= 0.6 is 0 Å². The van der Waals surface area contributed by atoms with E-state index in [0.717, 1.165) is 55.5 Å². The summed E-state index contributed by atoms with van der Waals surface area (Å²) >= 11 is 0. The summed E-state index contributed by atoms with van der Waals surface area (Å²) in [4.78, 5) is 0. The lowest BCUT2D eigenvalue weighted by molar-refractivity contribution is 0.758. The average Bonchev–Trinajstić information content (AvgIpc) is 4.00. The van der Waals surface area contributed by atoms with Gasteiger partial charge in [0.2, 0.25) is 0 Å². The molecule has 4 heteroatoms. The molecule has 292 valence electrons. The normalized spacial score (nSPS) is 18.3. The third kappa shape index (κ3) is 3.64. The van der Waals surface area contributed by atoms with Crippen LogP contribution in [0.2, 0.25) is 0 Å². The highest BCUT2D eigenvalue weighted by molar-refractivity contribution is 6.27. The Bertz CT molecular complexity index is 3900. The van der Waals surface area contributed by atoms with Gasteiger partial charge in [-0.15, -0.1) is 0 Å². The lowest BCUT2D eigenvalue weighted by Gasteiger charge is -2.43. The van der Waals surface area contributed by atoms with Crippen LogP contribution in [0.5, 0.6) is 0 Å². The van der Waals surface area contributed by atoms with Crippen molar-refractivity contribution in [1.29, 1.82) is 10.5 Å². The quantitative estimate of drug-likeness (QED) is 0.166. The first-order valence-electron chi connectivity index (χ1n) is 22.3. The second-order valence-electron chi connectivity index (χ2n) is 18.4. The zero-order valence-electron chi connectivity index (χ0n) is 34.3. The molecule has 0 atom stereocenters. The molecule has 12 aromatic rings. The molecule has 3 aromatic heterocycles. The molecule has 0 fully saturated rings. The number of rotatable bonds is 1. The summed E-state index contributed by atoms with van der Waals surface area (Å²) in [6.07, 6.45) is 0. The molecule has 0 unspecified atom stereocenters. The van der Waals surface area contributed by atoms with E-state index in [9.17, 15) is 10.5 Å². The number of para-hydroxylation sites is 2. The molecular weight excluding hydrogens is 777 g/mol. The molecule has 0 spiro atoms. The molecule has 6 aliphatic rings. The van der Waals surface area contributed by atoms with Crippen LogP contribution in [0.3, 0.4) is 0 Å². The number of nitriles is 2. The molecule has 18 rings (SSSR count). The predicted molar refractivity (Wildman–Crippen MR) is 254 cm³/mol. The van der Waals surface area contributed by atoms with E-state index in [4.69, 9.17) is 0 Å². The largest absolute Gasteiger partial charge is 0.309 e. The standard InChI is InChI=1S/C60H32N4/c61-29-31-25-48-56(58-50(31)52-36-15-1-5-19-40(36)54(58)41-20-6-2-16-37(41)52)44-27-33(63-46-23-11-9-13-34(46)35-14-10-12-24-47(35)63)28-45-57-49(64(48)60(44)45)26-32(30-62)51-53-38-17-3-7-21-42(38)55(59(51)57)43-22-8-4-18-39(43)53/h1-28,52-55H. The smallest absolute Gasteiger partial charge is 0.0995 e. The van der Waals surface area contributed by atoms with Crippen LogP contribution in [0.15, 0.2) is 170 Å². The van der Waals surface area contributed by atoms with Crippen LogP contribution in [0.25, 0.3) is 65.6 Å². The van der Waals surface area contributed by atoms with E-state index in [0.29, 0.717) is 0 Å². The van der Waals surface area contributed by atoms with Crippen LogP contribution < -0.4 is 0 Å². The van der Waals surface area contributed by atoms with Gasteiger partial charge in [-0.25, -0.2) is 0 Å². The van der Waals surface area contributed by atoms with Gasteiger partial charge in [-0.3, -0.25) is 0 Å². The summed E-state index contributed by atoms with van der Waals surface area (Å²) in [6.45, 7) is 0. The van der Waals surface area contributed by atoms with Crippen LogP contribution in [0, 0.1) is 22.7 Å². The highest BCUT2D eigenvalue weighted by Gasteiger charge is 2.47. The summed E-state index contributed by atoms with van der Waals surface area (Å²) in [5.41, 5.74) is 23.3. The molecule has 0 saturated heterocycles. The number of hydrogen-bond donors (Lipinski definition) is 0. The number of nitrogens with zero attached hydrogens (tertiary/aromatic N) is 4.